The summed E-state index contributed by atoms with van der Waals surface area (Å²) in [5.41, 5.74) is 5.80. The number of hydrogen-bond acceptors (Lipinski definition) is 3. The fourth-order valence-electron chi connectivity index (χ4n) is 1.53. The molecule has 5 heteroatoms. The lowest BCUT2D eigenvalue weighted by molar-refractivity contribution is 0.0605. The quantitative estimate of drug-likeness (QED) is 0.746. The topological polar surface area (TPSA) is 66.6 Å². The second-order valence-electron chi connectivity index (χ2n) is 3.63. The molecule has 1 aromatic rings. The first kappa shape index (κ1) is 10.3. The number of hydrogen-bond donors (Lipinski definition) is 2. The van der Waals surface area contributed by atoms with E-state index < -0.39 is 0 Å². The maximum absolute atomic E-state index is 11.8. The maximum atomic E-state index is 11.8. The summed E-state index contributed by atoms with van der Waals surface area (Å²) in [6, 6.07) is 4.46. The van der Waals surface area contributed by atoms with Crippen molar-refractivity contribution in [3.63, 3.8) is 0 Å². The Morgan fingerprint density at radius 1 is 1.53 bits per heavy atom. The number of nitrogens with zero attached hydrogens (tertiary/aromatic N) is 1. The summed E-state index contributed by atoms with van der Waals surface area (Å²) in [7, 11) is 0. The first-order chi connectivity index (χ1) is 7.08. The van der Waals surface area contributed by atoms with Crippen LogP contribution in [0.4, 0.5) is 0 Å². The Kier molecular flexibility index (Phi) is 2.54. The van der Waals surface area contributed by atoms with E-state index in [9.17, 15) is 9.90 Å². The van der Waals surface area contributed by atoms with Gasteiger partial charge < -0.3 is 15.7 Å². The molecule has 80 valence electrons. The molecule has 1 aliphatic heterocycles. The molecule has 4 nitrogen and oxygen atoms in total. The average Bonchev–Trinajstić information content (AvgIpc) is 2.16. The molecule has 0 bridgehead atoms. The summed E-state index contributed by atoms with van der Waals surface area (Å²) >= 11 is 5.75. The van der Waals surface area contributed by atoms with Gasteiger partial charge in [0.25, 0.3) is 5.91 Å². The predicted octanol–water partition coefficient (Wildman–Crippen LogP) is 0.829. The van der Waals surface area contributed by atoms with Gasteiger partial charge in [0, 0.05) is 24.2 Å². The highest BCUT2D eigenvalue weighted by Gasteiger charge is 2.29. The average molecular weight is 227 g/mol. The summed E-state index contributed by atoms with van der Waals surface area (Å²) in [6.07, 6.45) is 0. The van der Waals surface area contributed by atoms with Crippen molar-refractivity contribution in [3.05, 3.63) is 28.8 Å². The summed E-state index contributed by atoms with van der Waals surface area (Å²) in [6.45, 7) is 1.07. The lowest BCUT2D eigenvalue weighted by atomic mass is 10.1. The first-order valence-electron chi connectivity index (χ1n) is 4.61. The number of phenolic OH excluding ortho intramolecular Hbond substituents is 1. The van der Waals surface area contributed by atoms with Crippen LogP contribution in [0.1, 0.15) is 10.4 Å². The van der Waals surface area contributed by atoms with E-state index in [2.05, 4.69) is 0 Å². The SMILES string of the molecule is NC1CN(C(=O)c2cc(Cl)ccc2O)C1. The third-order valence-electron chi connectivity index (χ3n) is 2.39. The maximum Gasteiger partial charge on any atom is 0.257 e. The van der Waals surface area contributed by atoms with E-state index in [1.165, 1.54) is 18.2 Å². The second kappa shape index (κ2) is 3.72. The Morgan fingerprint density at radius 3 is 2.80 bits per heavy atom. The molecule has 0 spiro atoms. The molecule has 0 aromatic heterocycles. The van der Waals surface area contributed by atoms with Crippen LogP contribution in [0, 0.1) is 0 Å². The molecule has 1 heterocycles. The molecule has 3 N–H and O–H groups in total. The molecular weight excluding hydrogens is 216 g/mol. The van der Waals surface area contributed by atoms with Gasteiger partial charge in [-0.1, -0.05) is 11.6 Å². The van der Waals surface area contributed by atoms with Gasteiger partial charge in [0.15, 0.2) is 0 Å². The largest absolute Gasteiger partial charge is 0.507 e. The lowest BCUT2D eigenvalue weighted by Gasteiger charge is -2.36. The molecule has 0 unspecified atom stereocenters. The molecular formula is C10H11ClN2O2. The Balaban J connectivity index is 2.22. The van der Waals surface area contributed by atoms with E-state index in [0.717, 1.165) is 0 Å². The van der Waals surface area contributed by atoms with Crippen LogP contribution in [0.15, 0.2) is 18.2 Å². The minimum Gasteiger partial charge on any atom is -0.507 e. The number of carbonyl (C=O) groups is 1. The number of aromatic hydroxyl groups is 1. The van der Waals surface area contributed by atoms with Crippen molar-refractivity contribution in [2.24, 2.45) is 5.73 Å². The number of phenols is 1. The fraction of sp³-hybridized carbons (Fsp3) is 0.300. The highest BCUT2D eigenvalue weighted by Crippen LogP contribution is 2.24. The molecule has 1 saturated heterocycles. The molecule has 0 aliphatic carbocycles. The van der Waals surface area contributed by atoms with Crippen LogP contribution < -0.4 is 5.73 Å². The van der Waals surface area contributed by atoms with E-state index in [-0.39, 0.29) is 23.3 Å². The third-order valence-corrected chi connectivity index (χ3v) is 2.62. The number of nitrogens with two attached hydrogens (primary N) is 1. The van der Waals surface area contributed by atoms with Gasteiger partial charge in [-0.3, -0.25) is 4.79 Å². The van der Waals surface area contributed by atoms with Crippen LogP contribution in [0.5, 0.6) is 5.75 Å². The van der Waals surface area contributed by atoms with Gasteiger partial charge in [-0.25, -0.2) is 0 Å². The highest BCUT2D eigenvalue weighted by molar-refractivity contribution is 6.31. The molecule has 1 aliphatic rings. The van der Waals surface area contributed by atoms with Crippen LogP contribution >= 0.6 is 11.6 Å². The van der Waals surface area contributed by atoms with E-state index in [0.29, 0.717) is 18.1 Å². The number of rotatable bonds is 1. The molecule has 1 fully saturated rings. The number of likely N-dealkylation sites (tertiary alicyclic amines) is 1. The summed E-state index contributed by atoms with van der Waals surface area (Å²) in [5, 5.41) is 9.93. The van der Waals surface area contributed by atoms with Crippen LogP contribution in [-0.4, -0.2) is 35.0 Å². The van der Waals surface area contributed by atoms with Gasteiger partial charge >= 0.3 is 0 Å². The second-order valence-corrected chi connectivity index (χ2v) is 4.07. The minimum absolute atomic E-state index is 0.0510. The predicted molar refractivity (Wildman–Crippen MR) is 57.0 cm³/mol. The van der Waals surface area contributed by atoms with Crippen molar-refractivity contribution in [2.45, 2.75) is 6.04 Å². The number of carbonyl (C=O) groups excluding carboxylic acids is 1. The Morgan fingerprint density at radius 2 is 2.20 bits per heavy atom. The van der Waals surface area contributed by atoms with Crippen molar-refractivity contribution in [3.8, 4) is 5.75 Å². The Bertz CT molecular complexity index is 402. The van der Waals surface area contributed by atoms with Gasteiger partial charge in [-0.05, 0) is 18.2 Å². The van der Waals surface area contributed by atoms with Crippen molar-refractivity contribution in [1.29, 1.82) is 0 Å². The zero-order chi connectivity index (χ0) is 11.0. The molecule has 1 amide bonds. The van der Waals surface area contributed by atoms with Gasteiger partial charge in [0.2, 0.25) is 0 Å². The van der Waals surface area contributed by atoms with Gasteiger partial charge in [-0.15, -0.1) is 0 Å². The van der Waals surface area contributed by atoms with Gasteiger partial charge in [-0.2, -0.15) is 0 Å². The fourth-order valence-corrected chi connectivity index (χ4v) is 1.70. The number of amides is 1. The standard InChI is InChI=1S/C10H11ClN2O2/c11-6-1-2-9(14)8(3-6)10(15)13-4-7(12)5-13/h1-3,7,14H,4-5,12H2. The molecule has 1 aromatic carbocycles. The molecule has 0 radical (unpaired) electrons. The zero-order valence-corrected chi connectivity index (χ0v) is 8.74. The van der Waals surface area contributed by atoms with Crippen molar-refractivity contribution in [1.82, 2.24) is 4.90 Å². The van der Waals surface area contributed by atoms with Crippen LogP contribution in [0.3, 0.4) is 0 Å². The van der Waals surface area contributed by atoms with Gasteiger partial charge in [0.1, 0.15) is 5.75 Å². The minimum atomic E-state index is -0.225. The molecule has 0 saturated carbocycles. The van der Waals surface area contributed by atoms with E-state index in [4.69, 9.17) is 17.3 Å². The van der Waals surface area contributed by atoms with Gasteiger partial charge in [0.05, 0.1) is 5.56 Å². The molecule has 15 heavy (non-hydrogen) atoms. The monoisotopic (exact) mass is 226 g/mol. The van der Waals surface area contributed by atoms with E-state index in [1.54, 1.807) is 4.90 Å². The smallest absolute Gasteiger partial charge is 0.257 e. The third kappa shape index (κ3) is 1.91. The molecule has 0 atom stereocenters. The van der Waals surface area contributed by atoms with Crippen molar-refractivity contribution in [2.75, 3.05) is 13.1 Å². The highest BCUT2D eigenvalue weighted by atomic mass is 35.5. The lowest BCUT2D eigenvalue weighted by Crippen LogP contribution is -2.57. The number of benzene rings is 1. The molecule has 2 rings (SSSR count). The first-order valence-corrected chi connectivity index (χ1v) is 4.99. The Hall–Kier alpha value is -1.26. The number of halogens is 1. The van der Waals surface area contributed by atoms with Crippen LogP contribution in [0.2, 0.25) is 5.02 Å². The van der Waals surface area contributed by atoms with E-state index >= 15 is 0 Å². The Labute approximate surface area is 92.2 Å². The van der Waals surface area contributed by atoms with Crippen LogP contribution in [-0.2, 0) is 0 Å². The summed E-state index contributed by atoms with van der Waals surface area (Å²) in [4.78, 5) is 13.4. The normalized spacial score (nSPS) is 16.3. The van der Waals surface area contributed by atoms with Crippen molar-refractivity contribution < 1.29 is 9.90 Å². The summed E-state index contributed by atoms with van der Waals surface area (Å²) in [5.74, 6) is -0.276. The zero-order valence-electron chi connectivity index (χ0n) is 7.98. The van der Waals surface area contributed by atoms with E-state index in [1.807, 2.05) is 0 Å². The van der Waals surface area contributed by atoms with Crippen LogP contribution in [0.25, 0.3) is 0 Å². The summed E-state index contributed by atoms with van der Waals surface area (Å²) < 4.78 is 0. The van der Waals surface area contributed by atoms with Crippen molar-refractivity contribution >= 4 is 17.5 Å².